The number of thioether (sulfide) groups is 1. The van der Waals surface area contributed by atoms with Crippen LogP contribution >= 0.6 is 11.8 Å². The average Bonchev–Trinajstić information content (AvgIpc) is 2.39. The molecule has 0 fully saturated rings. The molecule has 0 aliphatic carbocycles. The molecule has 0 bridgehead atoms. The van der Waals surface area contributed by atoms with Crippen LogP contribution in [0.3, 0.4) is 0 Å². The molecular formula is C13H16N4OS. The third-order valence-electron chi connectivity index (χ3n) is 3.25. The highest BCUT2D eigenvalue weighted by Gasteiger charge is 2.39. The highest BCUT2D eigenvalue weighted by atomic mass is 32.2. The zero-order valence-electron chi connectivity index (χ0n) is 10.9. The Labute approximate surface area is 116 Å². The van der Waals surface area contributed by atoms with Crippen molar-refractivity contribution in [1.29, 1.82) is 0 Å². The van der Waals surface area contributed by atoms with Crippen LogP contribution in [-0.4, -0.2) is 28.0 Å². The monoisotopic (exact) mass is 276 g/mol. The van der Waals surface area contributed by atoms with Crippen LogP contribution in [0.5, 0.6) is 0 Å². The van der Waals surface area contributed by atoms with Crippen molar-refractivity contribution in [2.75, 3.05) is 11.1 Å². The van der Waals surface area contributed by atoms with Crippen LogP contribution in [0.1, 0.15) is 25.5 Å². The zero-order chi connectivity index (χ0) is 13.4. The van der Waals surface area contributed by atoms with Gasteiger partial charge in [-0.2, -0.15) is 0 Å². The van der Waals surface area contributed by atoms with E-state index in [1.807, 2.05) is 43.1 Å². The molecule has 2 aliphatic heterocycles. The summed E-state index contributed by atoms with van der Waals surface area (Å²) in [5.74, 6) is 0.877. The second kappa shape index (κ2) is 4.77. The standard InChI is InChI=1S/C13H16N4OS/c1-3-19-13-15-12(18)11-9-6-4-5-7-10(9)14-8(2)17(11)16-13/h4-8,11,14H,3H2,1-2H3,(H,15,16,18)/t8-,11+/m1/s1. The van der Waals surface area contributed by atoms with E-state index in [4.69, 9.17) is 0 Å². The summed E-state index contributed by atoms with van der Waals surface area (Å²) in [7, 11) is 0. The van der Waals surface area contributed by atoms with Gasteiger partial charge in [-0.05, 0) is 18.7 Å². The van der Waals surface area contributed by atoms with E-state index >= 15 is 0 Å². The number of para-hydroxylation sites is 1. The van der Waals surface area contributed by atoms with Crippen molar-refractivity contribution in [2.45, 2.75) is 26.1 Å². The molecule has 2 aliphatic rings. The summed E-state index contributed by atoms with van der Waals surface area (Å²) >= 11 is 1.54. The van der Waals surface area contributed by atoms with Crippen LogP contribution in [0.15, 0.2) is 29.4 Å². The Morgan fingerprint density at radius 1 is 1.42 bits per heavy atom. The molecule has 0 radical (unpaired) electrons. The maximum absolute atomic E-state index is 12.3. The van der Waals surface area contributed by atoms with E-state index in [0.29, 0.717) is 5.17 Å². The van der Waals surface area contributed by atoms with Gasteiger partial charge in [0.25, 0.3) is 5.91 Å². The SMILES string of the molecule is CCSC1=NN2[C@H](C)Nc3ccccc3[C@H]2C(=O)N1. The Hall–Kier alpha value is -1.69. The van der Waals surface area contributed by atoms with Gasteiger partial charge in [0, 0.05) is 11.3 Å². The molecule has 6 heteroatoms. The van der Waals surface area contributed by atoms with E-state index in [1.54, 1.807) is 11.8 Å². The molecule has 19 heavy (non-hydrogen) atoms. The van der Waals surface area contributed by atoms with Gasteiger partial charge in [-0.25, -0.2) is 0 Å². The minimum absolute atomic E-state index is 0.00148. The van der Waals surface area contributed by atoms with E-state index in [2.05, 4.69) is 15.7 Å². The molecule has 0 spiro atoms. The number of hydrogen-bond donors (Lipinski definition) is 2. The number of amides is 1. The second-order valence-corrected chi connectivity index (χ2v) is 5.77. The summed E-state index contributed by atoms with van der Waals surface area (Å²) in [6, 6.07) is 7.54. The summed E-state index contributed by atoms with van der Waals surface area (Å²) in [6.45, 7) is 4.05. The number of amidine groups is 1. The number of rotatable bonds is 1. The Kier molecular flexibility index (Phi) is 3.10. The summed E-state index contributed by atoms with van der Waals surface area (Å²) in [6.07, 6.45) is -0.00148. The predicted octanol–water partition coefficient (Wildman–Crippen LogP) is 1.96. The molecule has 100 valence electrons. The number of benzene rings is 1. The van der Waals surface area contributed by atoms with Crippen LogP contribution in [-0.2, 0) is 4.79 Å². The molecule has 0 saturated carbocycles. The molecule has 5 nitrogen and oxygen atoms in total. The first kappa shape index (κ1) is 12.3. The van der Waals surface area contributed by atoms with Gasteiger partial charge < -0.3 is 10.6 Å². The van der Waals surface area contributed by atoms with Gasteiger partial charge in [-0.3, -0.25) is 9.80 Å². The Bertz CT molecular complexity index is 545. The average molecular weight is 276 g/mol. The maximum atomic E-state index is 12.3. The minimum atomic E-state index is -0.339. The van der Waals surface area contributed by atoms with Gasteiger partial charge in [-0.15, -0.1) is 5.10 Å². The van der Waals surface area contributed by atoms with Gasteiger partial charge in [-0.1, -0.05) is 36.9 Å². The number of fused-ring (bicyclic) bond motifs is 3. The largest absolute Gasteiger partial charge is 0.364 e. The number of nitrogens with zero attached hydrogens (tertiary/aromatic N) is 2. The van der Waals surface area contributed by atoms with E-state index in [9.17, 15) is 4.79 Å². The molecule has 1 amide bonds. The van der Waals surface area contributed by atoms with E-state index < -0.39 is 0 Å². The van der Waals surface area contributed by atoms with Crippen molar-refractivity contribution in [3.8, 4) is 0 Å². The molecule has 0 aromatic heterocycles. The molecule has 2 N–H and O–H groups in total. The van der Waals surface area contributed by atoms with E-state index in [1.165, 1.54) is 0 Å². The summed E-state index contributed by atoms with van der Waals surface area (Å²) in [4.78, 5) is 12.3. The zero-order valence-corrected chi connectivity index (χ0v) is 11.7. The maximum Gasteiger partial charge on any atom is 0.255 e. The van der Waals surface area contributed by atoms with Crippen molar-refractivity contribution in [3.63, 3.8) is 0 Å². The highest BCUT2D eigenvalue weighted by molar-refractivity contribution is 8.13. The molecular weight excluding hydrogens is 260 g/mol. The fraction of sp³-hybridized carbons (Fsp3) is 0.385. The summed E-state index contributed by atoms with van der Waals surface area (Å²) in [5, 5.41) is 13.3. The lowest BCUT2D eigenvalue weighted by atomic mass is 10.00. The van der Waals surface area contributed by atoms with Crippen molar-refractivity contribution in [1.82, 2.24) is 10.3 Å². The molecule has 1 aromatic rings. The fourth-order valence-electron chi connectivity index (χ4n) is 2.44. The quantitative estimate of drug-likeness (QED) is 0.823. The number of carbonyl (C=O) groups is 1. The first-order valence-electron chi connectivity index (χ1n) is 6.36. The van der Waals surface area contributed by atoms with E-state index in [-0.39, 0.29) is 18.1 Å². The summed E-state index contributed by atoms with van der Waals surface area (Å²) in [5.41, 5.74) is 1.98. The van der Waals surface area contributed by atoms with Crippen molar-refractivity contribution >= 4 is 28.5 Å². The van der Waals surface area contributed by atoms with Crippen LogP contribution < -0.4 is 10.6 Å². The minimum Gasteiger partial charge on any atom is -0.364 e. The lowest BCUT2D eigenvalue weighted by molar-refractivity contribution is -0.127. The summed E-state index contributed by atoms with van der Waals surface area (Å²) < 4.78 is 0. The van der Waals surface area contributed by atoms with E-state index in [0.717, 1.165) is 17.0 Å². The number of hydrogen-bond acceptors (Lipinski definition) is 5. The van der Waals surface area contributed by atoms with Gasteiger partial charge in [0.05, 0.1) is 0 Å². The predicted molar refractivity (Wildman–Crippen MR) is 77.8 cm³/mol. The van der Waals surface area contributed by atoms with Crippen molar-refractivity contribution < 1.29 is 4.79 Å². The molecule has 1 aromatic carbocycles. The van der Waals surface area contributed by atoms with Crippen LogP contribution in [0.25, 0.3) is 0 Å². The molecule has 3 rings (SSSR count). The molecule has 2 heterocycles. The Morgan fingerprint density at radius 3 is 3.00 bits per heavy atom. The number of carbonyl (C=O) groups excluding carboxylic acids is 1. The first-order valence-corrected chi connectivity index (χ1v) is 7.35. The number of anilines is 1. The van der Waals surface area contributed by atoms with Crippen LogP contribution in [0, 0.1) is 0 Å². The second-order valence-electron chi connectivity index (χ2n) is 4.52. The lowest BCUT2D eigenvalue weighted by Gasteiger charge is -2.42. The number of hydrazone groups is 1. The van der Waals surface area contributed by atoms with Crippen LogP contribution in [0.2, 0.25) is 0 Å². The third kappa shape index (κ3) is 2.06. The first-order chi connectivity index (χ1) is 9.20. The Morgan fingerprint density at radius 2 is 2.21 bits per heavy atom. The topological polar surface area (TPSA) is 56.7 Å². The lowest BCUT2D eigenvalue weighted by Crippen LogP contribution is -2.53. The van der Waals surface area contributed by atoms with Gasteiger partial charge in [0.2, 0.25) is 0 Å². The van der Waals surface area contributed by atoms with Crippen LogP contribution in [0.4, 0.5) is 5.69 Å². The number of nitrogens with one attached hydrogen (secondary N) is 2. The molecule has 2 atom stereocenters. The smallest absolute Gasteiger partial charge is 0.255 e. The molecule has 0 unspecified atom stereocenters. The highest BCUT2D eigenvalue weighted by Crippen LogP contribution is 2.36. The van der Waals surface area contributed by atoms with Gasteiger partial charge >= 0.3 is 0 Å². The van der Waals surface area contributed by atoms with Crippen molar-refractivity contribution in [3.05, 3.63) is 29.8 Å². The fourth-order valence-corrected chi connectivity index (χ4v) is 3.03. The van der Waals surface area contributed by atoms with Gasteiger partial charge in [0.1, 0.15) is 6.17 Å². The Balaban J connectivity index is 2.02. The van der Waals surface area contributed by atoms with Crippen molar-refractivity contribution in [2.24, 2.45) is 5.10 Å². The third-order valence-corrected chi connectivity index (χ3v) is 3.99. The van der Waals surface area contributed by atoms with Gasteiger partial charge in [0.15, 0.2) is 11.2 Å². The normalized spacial score (nSPS) is 24.8. The molecule has 0 saturated heterocycles.